The summed E-state index contributed by atoms with van der Waals surface area (Å²) in [5.74, 6) is -0.527. The van der Waals surface area contributed by atoms with Gasteiger partial charge in [-0.3, -0.25) is 0 Å². The summed E-state index contributed by atoms with van der Waals surface area (Å²) in [6.07, 6.45) is 0. The number of nitrogens with zero attached hydrogens (tertiary/aromatic N) is 1. The van der Waals surface area contributed by atoms with Crippen LogP contribution in [0.2, 0.25) is 0 Å². The Bertz CT molecular complexity index is 620. The third-order valence-corrected chi connectivity index (χ3v) is 2.62. The lowest BCUT2D eigenvalue weighted by Gasteiger charge is -2.08. The normalized spacial score (nSPS) is 9.95. The zero-order valence-corrected chi connectivity index (χ0v) is 10.5. The number of methoxy groups -OCH3 is 1. The highest BCUT2D eigenvalue weighted by atomic mass is 19.1. The number of halogens is 1. The molecule has 0 bridgehead atoms. The molecule has 2 rings (SSSR count). The fourth-order valence-electron chi connectivity index (χ4n) is 1.76. The molecule has 0 aliphatic rings. The zero-order valence-electron chi connectivity index (χ0n) is 10.5. The van der Waals surface area contributed by atoms with Crippen LogP contribution in [-0.4, -0.2) is 7.11 Å². The average Bonchev–Trinajstić information content (AvgIpc) is 2.40. The van der Waals surface area contributed by atoms with E-state index in [-0.39, 0.29) is 5.56 Å². The molecular weight excluding hydrogens is 243 g/mol. The molecular formula is C15H13FN2O. The second-order valence-electron chi connectivity index (χ2n) is 4.06. The fourth-order valence-corrected chi connectivity index (χ4v) is 1.76. The monoisotopic (exact) mass is 256 g/mol. The molecule has 2 aromatic carbocycles. The van der Waals surface area contributed by atoms with Gasteiger partial charge in [-0.15, -0.1) is 0 Å². The molecule has 0 amide bonds. The van der Waals surface area contributed by atoms with Gasteiger partial charge < -0.3 is 10.1 Å². The summed E-state index contributed by atoms with van der Waals surface area (Å²) in [5.41, 5.74) is 2.52. The Morgan fingerprint density at radius 2 is 2.00 bits per heavy atom. The second-order valence-corrected chi connectivity index (χ2v) is 4.06. The summed E-state index contributed by atoms with van der Waals surface area (Å²) in [6.45, 7) is 0.525. The van der Waals surface area contributed by atoms with Crippen LogP contribution < -0.4 is 5.32 Å². The first-order valence-electron chi connectivity index (χ1n) is 5.77. The van der Waals surface area contributed by atoms with Gasteiger partial charge in [-0.05, 0) is 35.9 Å². The smallest absolute Gasteiger partial charge is 0.143 e. The van der Waals surface area contributed by atoms with E-state index in [9.17, 15) is 4.39 Å². The summed E-state index contributed by atoms with van der Waals surface area (Å²) in [4.78, 5) is 0. The van der Waals surface area contributed by atoms with Gasteiger partial charge >= 0.3 is 0 Å². The minimum atomic E-state index is -0.527. The Labute approximate surface area is 111 Å². The van der Waals surface area contributed by atoms with E-state index < -0.39 is 5.82 Å². The Kier molecular flexibility index (Phi) is 4.11. The Balaban J connectivity index is 2.19. The molecule has 19 heavy (non-hydrogen) atoms. The molecule has 0 unspecified atom stereocenters. The van der Waals surface area contributed by atoms with Crippen LogP contribution in [-0.2, 0) is 11.3 Å². The summed E-state index contributed by atoms with van der Waals surface area (Å²) in [5, 5.41) is 11.8. The van der Waals surface area contributed by atoms with Crippen LogP contribution >= 0.6 is 0 Å². The van der Waals surface area contributed by atoms with E-state index in [0.29, 0.717) is 12.3 Å². The van der Waals surface area contributed by atoms with Crippen LogP contribution in [0.15, 0.2) is 42.5 Å². The highest BCUT2D eigenvalue weighted by molar-refractivity contribution is 5.61. The van der Waals surface area contributed by atoms with Crippen molar-refractivity contribution < 1.29 is 9.13 Å². The minimum Gasteiger partial charge on any atom is -0.380 e. The number of ether oxygens (including phenoxy) is 1. The quantitative estimate of drug-likeness (QED) is 0.909. The van der Waals surface area contributed by atoms with Crippen LogP contribution in [0.4, 0.5) is 15.8 Å². The first-order chi connectivity index (χ1) is 9.22. The Morgan fingerprint density at radius 3 is 2.68 bits per heavy atom. The molecule has 0 saturated carbocycles. The summed E-state index contributed by atoms with van der Waals surface area (Å²) in [6, 6.07) is 13.9. The third kappa shape index (κ3) is 3.30. The largest absolute Gasteiger partial charge is 0.380 e. The standard InChI is InChI=1S/C15H13FN2O/c1-19-10-11-3-2-4-13(7-11)18-14-6-5-12(9-17)15(16)8-14/h2-8,18H,10H2,1H3. The Hall–Kier alpha value is -2.38. The van der Waals surface area contributed by atoms with Crippen LogP contribution in [0.3, 0.4) is 0 Å². The van der Waals surface area contributed by atoms with Crippen LogP contribution in [0.1, 0.15) is 11.1 Å². The summed E-state index contributed by atoms with van der Waals surface area (Å²) in [7, 11) is 1.64. The van der Waals surface area contributed by atoms with Crippen molar-refractivity contribution in [3.63, 3.8) is 0 Å². The van der Waals surface area contributed by atoms with E-state index >= 15 is 0 Å². The predicted octanol–water partition coefficient (Wildman–Crippen LogP) is 3.59. The molecule has 0 aromatic heterocycles. The number of hydrogen-bond acceptors (Lipinski definition) is 3. The van der Waals surface area contributed by atoms with E-state index in [0.717, 1.165) is 11.3 Å². The van der Waals surface area contributed by atoms with Crippen molar-refractivity contribution in [3.8, 4) is 6.07 Å². The highest BCUT2D eigenvalue weighted by Gasteiger charge is 2.03. The van der Waals surface area contributed by atoms with Crippen molar-refractivity contribution >= 4 is 11.4 Å². The van der Waals surface area contributed by atoms with Crippen molar-refractivity contribution in [2.24, 2.45) is 0 Å². The number of nitrogens with one attached hydrogen (secondary N) is 1. The van der Waals surface area contributed by atoms with Crippen molar-refractivity contribution in [2.75, 3.05) is 12.4 Å². The van der Waals surface area contributed by atoms with Crippen LogP contribution in [0, 0.1) is 17.1 Å². The third-order valence-electron chi connectivity index (χ3n) is 2.62. The molecule has 0 saturated heterocycles. The maximum Gasteiger partial charge on any atom is 0.143 e. The molecule has 0 heterocycles. The lowest BCUT2D eigenvalue weighted by molar-refractivity contribution is 0.185. The van der Waals surface area contributed by atoms with Gasteiger partial charge in [-0.25, -0.2) is 4.39 Å². The van der Waals surface area contributed by atoms with Crippen molar-refractivity contribution in [1.82, 2.24) is 0 Å². The van der Waals surface area contributed by atoms with Gasteiger partial charge in [0.2, 0.25) is 0 Å². The molecule has 0 spiro atoms. The number of anilines is 2. The van der Waals surface area contributed by atoms with Gasteiger partial charge in [0.1, 0.15) is 11.9 Å². The minimum absolute atomic E-state index is 0.0404. The molecule has 2 aromatic rings. The molecule has 96 valence electrons. The van der Waals surface area contributed by atoms with Crippen molar-refractivity contribution in [2.45, 2.75) is 6.61 Å². The van der Waals surface area contributed by atoms with Gasteiger partial charge in [0, 0.05) is 18.5 Å². The zero-order chi connectivity index (χ0) is 13.7. The van der Waals surface area contributed by atoms with E-state index in [1.165, 1.54) is 12.1 Å². The number of benzene rings is 2. The van der Waals surface area contributed by atoms with Gasteiger partial charge in [0.25, 0.3) is 0 Å². The second kappa shape index (κ2) is 5.98. The van der Waals surface area contributed by atoms with E-state index in [1.807, 2.05) is 24.3 Å². The predicted molar refractivity (Wildman–Crippen MR) is 71.6 cm³/mol. The number of nitriles is 1. The molecule has 1 N–H and O–H groups in total. The first-order valence-corrected chi connectivity index (χ1v) is 5.77. The molecule has 0 aliphatic carbocycles. The average molecular weight is 256 g/mol. The lowest BCUT2D eigenvalue weighted by atomic mass is 10.2. The lowest BCUT2D eigenvalue weighted by Crippen LogP contribution is -1.94. The van der Waals surface area contributed by atoms with E-state index in [4.69, 9.17) is 10.00 Å². The molecule has 0 atom stereocenters. The van der Waals surface area contributed by atoms with E-state index in [2.05, 4.69) is 5.32 Å². The summed E-state index contributed by atoms with van der Waals surface area (Å²) >= 11 is 0. The van der Waals surface area contributed by atoms with Gasteiger partial charge in [0.15, 0.2) is 0 Å². The van der Waals surface area contributed by atoms with Gasteiger partial charge in [0.05, 0.1) is 12.2 Å². The fraction of sp³-hybridized carbons (Fsp3) is 0.133. The number of rotatable bonds is 4. The van der Waals surface area contributed by atoms with E-state index in [1.54, 1.807) is 19.2 Å². The van der Waals surface area contributed by atoms with Crippen LogP contribution in [0.5, 0.6) is 0 Å². The molecule has 0 radical (unpaired) electrons. The molecule has 0 fully saturated rings. The topological polar surface area (TPSA) is 45.0 Å². The summed E-state index contributed by atoms with van der Waals surface area (Å²) < 4.78 is 18.5. The SMILES string of the molecule is COCc1cccc(Nc2ccc(C#N)c(F)c2)c1. The van der Waals surface area contributed by atoms with Crippen molar-refractivity contribution in [3.05, 3.63) is 59.4 Å². The molecule has 4 heteroatoms. The maximum absolute atomic E-state index is 13.5. The van der Waals surface area contributed by atoms with Crippen molar-refractivity contribution in [1.29, 1.82) is 5.26 Å². The number of hydrogen-bond donors (Lipinski definition) is 1. The molecule has 0 aliphatic heterocycles. The first kappa shape index (κ1) is 13.1. The molecule has 3 nitrogen and oxygen atoms in total. The van der Waals surface area contributed by atoms with Gasteiger partial charge in [-0.1, -0.05) is 12.1 Å². The van der Waals surface area contributed by atoms with Gasteiger partial charge in [-0.2, -0.15) is 5.26 Å². The Morgan fingerprint density at radius 1 is 1.21 bits per heavy atom. The van der Waals surface area contributed by atoms with Crippen LogP contribution in [0.25, 0.3) is 0 Å². The maximum atomic E-state index is 13.5. The highest BCUT2D eigenvalue weighted by Crippen LogP contribution is 2.20.